The van der Waals surface area contributed by atoms with E-state index in [1.165, 1.54) is 19.4 Å². The van der Waals surface area contributed by atoms with Gasteiger partial charge in [0.05, 0.1) is 4.83 Å². The molecule has 0 aliphatic carbocycles. The van der Waals surface area contributed by atoms with Crippen LogP contribution in [0.3, 0.4) is 0 Å². The molecule has 0 aromatic heterocycles. The van der Waals surface area contributed by atoms with Crippen molar-refractivity contribution >= 4 is 21.8 Å². The molecule has 0 saturated carbocycles. The molecule has 2 saturated heterocycles. The predicted octanol–water partition coefficient (Wildman–Crippen LogP) is 1.46. The van der Waals surface area contributed by atoms with Crippen LogP contribution in [-0.4, -0.2) is 52.3 Å². The summed E-state index contributed by atoms with van der Waals surface area (Å²) in [5.74, 6) is 0.244. The highest BCUT2D eigenvalue weighted by Crippen LogP contribution is 2.25. The van der Waals surface area contributed by atoms with Gasteiger partial charge in [-0.05, 0) is 33.2 Å². The first-order chi connectivity index (χ1) is 7.09. The summed E-state index contributed by atoms with van der Waals surface area (Å²) in [4.78, 5) is 16.5. The Morgan fingerprint density at radius 2 is 2.20 bits per heavy atom. The number of hydrogen-bond acceptors (Lipinski definition) is 2. The molecular formula is C11H19BrN2O. The van der Waals surface area contributed by atoms with E-state index in [1.807, 2.05) is 11.8 Å². The van der Waals surface area contributed by atoms with E-state index < -0.39 is 0 Å². The third-order valence-electron chi connectivity index (χ3n) is 3.56. The van der Waals surface area contributed by atoms with E-state index in [1.54, 1.807) is 0 Å². The van der Waals surface area contributed by atoms with E-state index in [-0.39, 0.29) is 10.7 Å². The molecule has 2 aliphatic rings. The Kier molecular flexibility index (Phi) is 3.36. The molecule has 2 heterocycles. The Hall–Kier alpha value is -0.0900. The van der Waals surface area contributed by atoms with E-state index >= 15 is 0 Å². The Morgan fingerprint density at radius 3 is 2.87 bits per heavy atom. The third kappa shape index (κ3) is 2.21. The summed E-state index contributed by atoms with van der Waals surface area (Å²) in [5.41, 5.74) is 0. The lowest BCUT2D eigenvalue weighted by Gasteiger charge is -2.42. The van der Waals surface area contributed by atoms with E-state index in [9.17, 15) is 4.79 Å². The normalized spacial score (nSPS) is 33.9. The van der Waals surface area contributed by atoms with Crippen molar-refractivity contribution in [2.75, 3.05) is 19.6 Å². The Morgan fingerprint density at radius 1 is 1.47 bits per heavy atom. The van der Waals surface area contributed by atoms with Crippen LogP contribution in [0.25, 0.3) is 0 Å². The van der Waals surface area contributed by atoms with Crippen LogP contribution in [0.15, 0.2) is 0 Å². The number of halogens is 1. The highest BCUT2D eigenvalue weighted by Gasteiger charge is 2.37. The third-order valence-corrected chi connectivity index (χ3v) is 3.95. The molecular weight excluding hydrogens is 256 g/mol. The molecule has 0 aromatic rings. The summed E-state index contributed by atoms with van der Waals surface area (Å²) >= 11 is 3.37. The second-order valence-electron chi connectivity index (χ2n) is 4.75. The van der Waals surface area contributed by atoms with Crippen molar-refractivity contribution in [1.82, 2.24) is 9.80 Å². The van der Waals surface area contributed by atoms with Crippen LogP contribution in [0.5, 0.6) is 0 Å². The van der Waals surface area contributed by atoms with Crippen LogP contribution in [0.1, 0.15) is 26.7 Å². The maximum Gasteiger partial charge on any atom is 0.236 e. The standard InChI is InChI=1S/C11H19BrN2O/c1-8-6-13-5-3-4-10(13)7-14(8)11(15)9(2)12/h8-10H,3-7H2,1-2H3. The van der Waals surface area contributed by atoms with Gasteiger partial charge in [-0.1, -0.05) is 15.9 Å². The van der Waals surface area contributed by atoms with Crippen molar-refractivity contribution in [3.05, 3.63) is 0 Å². The first-order valence-corrected chi connectivity index (χ1v) is 6.69. The van der Waals surface area contributed by atoms with Crippen molar-refractivity contribution in [3.8, 4) is 0 Å². The Bertz CT molecular complexity index is 257. The molecule has 0 bridgehead atoms. The quantitative estimate of drug-likeness (QED) is 0.676. The van der Waals surface area contributed by atoms with E-state index in [0.717, 1.165) is 13.1 Å². The number of carbonyl (C=O) groups excluding carboxylic acids is 1. The monoisotopic (exact) mass is 274 g/mol. The molecule has 3 atom stereocenters. The van der Waals surface area contributed by atoms with Crippen LogP contribution in [-0.2, 0) is 4.79 Å². The molecule has 0 radical (unpaired) electrons. The molecule has 3 nitrogen and oxygen atoms in total. The van der Waals surface area contributed by atoms with Crippen LogP contribution in [0.4, 0.5) is 0 Å². The highest BCUT2D eigenvalue weighted by atomic mass is 79.9. The van der Waals surface area contributed by atoms with Crippen molar-refractivity contribution in [2.45, 2.75) is 43.6 Å². The summed E-state index contributed by atoms with van der Waals surface area (Å²) in [5, 5.41) is 0. The van der Waals surface area contributed by atoms with Gasteiger partial charge < -0.3 is 4.90 Å². The van der Waals surface area contributed by atoms with E-state index in [2.05, 4.69) is 27.8 Å². The molecule has 2 fully saturated rings. The average molecular weight is 275 g/mol. The van der Waals surface area contributed by atoms with Gasteiger partial charge in [0.2, 0.25) is 5.91 Å². The fourth-order valence-electron chi connectivity index (χ4n) is 2.72. The molecule has 3 unspecified atom stereocenters. The number of amides is 1. The van der Waals surface area contributed by atoms with Crippen LogP contribution < -0.4 is 0 Å². The van der Waals surface area contributed by atoms with Crippen molar-refractivity contribution < 1.29 is 4.79 Å². The maximum absolute atomic E-state index is 12.0. The minimum atomic E-state index is -0.0482. The van der Waals surface area contributed by atoms with Crippen molar-refractivity contribution in [1.29, 1.82) is 0 Å². The van der Waals surface area contributed by atoms with Gasteiger partial charge in [0.25, 0.3) is 0 Å². The Balaban J connectivity index is 2.04. The van der Waals surface area contributed by atoms with Gasteiger partial charge in [0, 0.05) is 25.2 Å². The SMILES string of the molecule is CC(Br)C(=O)N1CC2CCCN2CC1C. The molecule has 86 valence electrons. The van der Waals surface area contributed by atoms with Crippen LogP contribution >= 0.6 is 15.9 Å². The minimum absolute atomic E-state index is 0.0482. The lowest BCUT2D eigenvalue weighted by atomic mass is 10.1. The summed E-state index contributed by atoms with van der Waals surface area (Å²) in [6, 6.07) is 0.989. The average Bonchev–Trinajstić information content (AvgIpc) is 2.62. The van der Waals surface area contributed by atoms with Gasteiger partial charge in [-0.15, -0.1) is 0 Å². The van der Waals surface area contributed by atoms with Crippen LogP contribution in [0, 0.1) is 0 Å². The summed E-state index contributed by atoms with van der Waals surface area (Å²) in [6.07, 6.45) is 2.55. The van der Waals surface area contributed by atoms with E-state index in [0.29, 0.717) is 12.1 Å². The van der Waals surface area contributed by atoms with E-state index in [4.69, 9.17) is 0 Å². The first kappa shape index (κ1) is 11.4. The summed E-state index contributed by atoms with van der Waals surface area (Å²) in [7, 11) is 0. The number of rotatable bonds is 1. The second-order valence-corrected chi connectivity index (χ2v) is 6.12. The zero-order valence-corrected chi connectivity index (χ0v) is 11.0. The molecule has 15 heavy (non-hydrogen) atoms. The smallest absolute Gasteiger partial charge is 0.236 e. The molecule has 2 aliphatic heterocycles. The molecule has 0 aromatic carbocycles. The van der Waals surface area contributed by atoms with Gasteiger partial charge in [-0.25, -0.2) is 0 Å². The van der Waals surface area contributed by atoms with Gasteiger partial charge in [0.1, 0.15) is 0 Å². The molecule has 1 amide bonds. The molecule has 0 spiro atoms. The second kappa shape index (κ2) is 4.42. The predicted molar refractivity (Wildman–Crippen MR) is 64.2 cm³/mol. The molecule has 4 heteroatoms. The summed E-state index contributed by atoms with van der Waals surface area (Å²) < 4.78 is 0. The highest BCUT2D eigenvalue weighted by molar-refractivity contribution is 9.10. The zero-order chi connectivity index (χ0) is 11.0. The minimum Gasteiger partial charge on any atom is -0.336 e. The van der Waals surface area contributed by atoms with Gasteiger partial charge in [0.15, 0.2) is 0 Å². The van der Waals surface area contributed by atoms with Crippen LogP contribution in [0.2, 0.25) is 0 Å². The summed E-state index contributed by atoms with van der Waals surface area (Å²) in [6.45, 7) is 7.27. The van der Waals surface area contributed by atoms with Crippen molar-refractivity contribution in [2.24, 2.45) is 0 Å². The maximum atomic E-state index is 12.0. The molecule has 2 rings (SSSR count). The number of carbonyl (C=O) groups is 1. The number of alkyl halides is 1. The largest absolute Gasteiger partial charge is 0.336 e. The van der Waals surface area contributed by atoms with Crippen molar-refractivity contribution in [3.63, 3.8) is 0 Å². The number of piperazine rings is 1. The van der Waals surface area contributed by atoms with Gasteiger partial charge in [-0.2, -0.15) is 0 Å². The lowest BCUT2D eigenvalue weighted by Crippen LogP contribution is -2.57. The number of nitrogens with zero attached hydrogens (tertiary/aromatic N) is 2. The fraction of sp³-hybridized carbons (Fsp3) is 0.909. The fourth-order valence-corrected chi connectivity index (χ4v) is 2.99. The zero-order valence-electron chi connectivity index (χ0n) is 9.45. The topological polar surface area (TPSA) is 23.6 Å². The first-order valence-electron chi connectivity index (χ1n) is 5.78. The number of fused-ring (bicyclic) bond motifs is 1. The van der Waals surface area contributed by atoms with Gasteiger partial charge in [-0.3, -0.25) is 9.69 Å². The number of hydrogen-bond donors (Lipinski definition) is 0. The van der Waals surface area contributed by atoms with Gasteiger partial charge >= 0.3 is 0 Å². The molecule has 0 N–H and O–H groups in total. The Labute approximate surface area is 99.9 Å². The lowest BCUT2D eigenvalue weighted by molar-refractivity contribution is -0.135.